The Kier molecular flexibility index (Phi) is 4.07. The number of aryl methyl sites for hydroxylation is 1. The zero-order valence-corrected chi connectivity index (χ0v) is 14.8. The number of aromatic nitrogens is 2. The number of amides is 1. The maximum atomic E-state index is 13.4. The van der Waals surface area contributed by atoms with Crippen molar-refractivity contribution in [3.63, 3.8) is 0 Å². The van der Waals surface area contributed by atoms with E-state index in [4.69, 9.17) is 0 Å². The Morgan fingerprint density at radius 2 is 1.81 bits per heavy atom. The number of hydrogen-bond donors (Lipinski definition) is 1. The fraction of sp³-hybridized carbons (Fsp3) is 0.238. The average molecular weight is 349 g/mol. The van der Waals surface area contributed by atoms with Crippen LogP contribution in [-0.4, -0.2) is 27.5 Å². The largest absolute Gasteiger partial charge is 0.326 e. The summed E-state index contributed by atoms with van der Waals surface area (Å²) >= 11 is 0. The second kappa shape index (κ2) is 6.41. The SMILES string of the molecule is CCCN1C(=O)c2[nH]nc(-c3ccc(C)cc3)c2C1c1ccc(F)cc1. The third kappa shape index (κ3) is 2.60. The Balaban J connectivity index is 1.87. The molecule has 4 rings (SSSR count). The minimum atomic E-state index is -0.286. The minimum Gasteiger partial charge on any atom is -0.326 e. The van der Waals surface area contributed by atoms with Crippen LogP contribution in [0.3, 0.4) is 0 Å². The molecule has 26 heavy (non-hydrogen) atoms. The number of H-pyrrole nitrogens is 1. The van der Waals surface area contributed by atoms with Gasteiger partial charge in [0, 0.05) is 17.7 Å². The van der Waals surface area contributed by atoms with Gasteiger partial charge in [-0.3, -0.25) is 9.89 Å². The molecule has 4 nitrogen and oxygen atoms in total. The molecule has 1 amide bonds. The van der Waals surface area contributed by atoms with Crippen LogP contribution in [0.5, 0.6) is 0 Å². The van der Waals surface area contributed by atoms with Crippen molar-refractivity contribution in [3.05, 3.63) is 76.7 Å². The fourth-order valence-corrected chi connectivity index (χ4v) is 3.59. The Bertz CT molecular complexity index is 944. The number of nitrogens with one attached hydrogen (secondary N) is 1. The molecule has 0 aliphatic carbocycles. The Morgan fingerprint density at radius 1 is 1.12 bits per heavy atom. The van der Waals surface area contributed by atoms with Crippen molar-refractivity contribution >= 4 is 5.91 Å². The van der Waals surface area contributed by atoms with Crippen LogP contribution in [0, 0.1) is 12.7 Å². The van der Waals surface area contributed by atoms with Crippen molar-refractivity contribution in [2.45, 2.75) is 26.3 Å². The van der Waals surface area contributed by atoms with Gasteiger partial charge in [0.25, 0.3) is 5.91 Å². The molecule has 1 aromatic heterocycles. The monoisotopic (exact) mass is 349 g/mol. The molecule has 0 saturated heterocycles. The highest BCUT2D eigenvalue weighted by Gasteiger charge is 2.41. The third-order valence-corrected chi connectivity index (χ3v) is 4.84. The lowest BCUT2D eigenvalue weighted by atomic mass is 9.95. The summed E-state index contributed by atoms with van der Waals surface area (Å²) in [5, 5.41) is 7.36. The summed E-state index contributed by atoms with van der Waals surface area (Å²) in [7, 11) is 0. The molecule has 0 fully saturated rings. The number of hydrogen-bond acceptors (Lipinski definition) is 2. The Morgan fingerprint density at radius 3 is 2.46 bits per heavy atom. The molecule has 0 bridgehead atoms. The van der Waals surface area contributed by atoms with E-state index in [1.54, 1.807) is 12.1 Å². The van der Waals surface area contributed by atoms with Crippen LogP contribution in [0.4, 0.5) is 4.39 Å². The summed E-state index contributed by atoms with van der Waals surface area (Å²) in [5.41, 5.74) is 5.20. The van der Waals surface area contributed by atoms with Crippen LogP contribution >= 0.6 is 0 Å². The van der Waals surface area contributed by atoms with Crippen LogP contribution in [0.15, 0.2) is 48.5 Å². The zero-order chi connectivity index (χ0) is 18.3. The van der Waals surface area contributed by atoms with Crippen LogP contribution in [-0.2, 0) is 0 Å². The lowest BCUT2D eigenvalue weighted by Gasteiger charge is -2.26. The highest BCUT2D eigenvalue weighted by atomic mass is 19.1. The van der Waals surface area contributed by atoms with Gasteiger partial charge < -0.3 is 4.90 Å². The van der Waals surface area contributed by atoms with Crippen molar-refractivity contribution in [2.24, 2.45) is 0 Å². The van der Waals surface area contributed by atoms with Crippen LogP contribution in [0.1, 0.15) is 46.6 Å². The van der Waals surface area contributed by atoms with E-state index >= 15 is 0 Å². The van der Waals surface area contributed by atoms with Gasteiger partial charge in [0.05, 0.1) is 11.7 Å². The second-order valence-corrected chi connectivity index (χ2v) is 6.68. The summed E-state index contributed by atoms with van der Waals surface area (Å²) in [6.07, 6.45) is 0.848. The molecule has 132 valence electrons. The molecule has 2 aromatic carbocycles. The van der Waals surface area contributed by atoms with Crippen LogP contribution in [0.25, 0.3) is 11.3 Å². The number of carbonyl (C=O) groups is 1. The predicted molar refractivity (Wildman–Crippen MR) is 98.3 cm³/mol. The Hall–Kier alpha value is -2.95. The summed E-state index contributed by atoms with van der Waals surface area (Å²) in [6, 6.07) is 14.2. The molecule has 5 heteroatoms. The summed E-state index contributed by atoms with van der Waals surface area (Å²) in [5.74, 6) is -0.340. The first-order valence-corrected chi connectivity index (χ1v) is 8.82. The predicted octanol–water partition coefficient (Wildman–Crippen LogP) is 4.48. The topological polar surface area (TPSA) is 49.0 Å². The van der Waals surface area contributed by atoms with E-state index in [0.717, 1.165) is 28.8 Å². The lowest BCUT2D eigenvalue weighted by molar-refractivity contribution is 0.0744. The van der Waals surface area contributed by atoms with E-state index in [-0.39, 0.29) is 17.8 Å². The number of fused-ring (bicyclic) bond motifs is 1. The van der Waals surface area contributed by atoms with Gasteiger partial charge in [0.15, 0.2) is 0 Å². The van der Waals surface area contributed by atoms with E-state index in [0.29, 0.717) is 12.2 Å². The van der Waals surface area contributed by atoms with Gasteiger partial charge in [0.2, 0.25) is 0 Å². The van der Waals surface area contributed by atoms with Gasteiger partial charge in [-0.1, -0.05) is 48.9 Å². The lowest BCUT2D eigenvalue weighted by Crippen LogP contribution is -2.30. The summed E-state index contributed by atoms with van der Waals surface area (Å²) < 4.78 is 13.4. The normalized spacial score (nSPS) is 16.2. The summed E-state index contributed by atoms with van der Waals surface area (Å²) in [6.45, 7) is 4.71. The van der Waals surface area contributed by atoms with E-state index in [9.17, 15) is 9.18 Å². The third-order valence-electron chi connectivity index (χ3n) is 4.84. The number of benzene rings is 2. The first-order chi connectivity index (χ1) is 12.6. The van der Waals surface area contributed by atoms with Crippen molar-refractivity contribution in [1.29, 1.82) is 0 Å². The van der Waals surface area contributed by atoms with E-state index in [1.807, 2.05) is 43.0 Å². The van der Waals surface area contributed by atoms with Crippen LogP contribution in [0.2, 0.25) is 0 Å². The number of aromatic amines is 1. The second-order valence-electron chi connectivity index (χ2n) is 6.68. The fourth-order valence-electron chi connectivity index (χ4n) is 3.59. The maximum absolute atomic E-state index is 13.4. The number of rotatable bonds is 4. The number of halogens is 1. The highest BCUT2D eigenvalue weighted by molar-refractivity contribution is 6.00. The standard InChI is InChI=1S/C21H20FN3O/c1-3-12-25-20(15-8-10-16(22)11-9-15)17-18(23-24-19(17)21(25)26)14-6-4-13(2)5-7-14/h4-11,20H,3,12H2,1-2H3,(H,23,24). The smallest absolute Gasteiger partial charge is 0.273 e. The molecule has 1 aliphatic rings. The van der Waals surface area contributed by atoms with Gasteiger partial charge in [-0.2, -0.15) is 5.10 Å². The van der Waals surface area contributed by atoms with Gasteiger partial charge in [-0.25, -0.2) is 4.39 Å². The quantitative estimate of drug-likeness (QED) is 0.755. The van der Waals surface area contributed by atoms with Gasteiger partial charge >= 0.3 is 0 Å². The maximum Gasteiger partial charge on any atom is 0.273 e. The average Bonchev–Trinajstić information content (AvgIpc) is 3.17. The number of carbonyl (C=O) groups excluding carboxylic acids is 1. The van der Waals surface area contributed by atoms with Gasteiger partial charge in [0.1, 0.15) is 11.5 Å². The molecule has 2 heterocycles. The van der Waals surface area contributed by atoms with Crippen LogP contribution < -0.4 is 0 Å². The zero-order valence-electron chi connectivity index (χ0n) is 14.8. The molecular formula is C21H20FN3O. The minimum absolute atomic E-state index is 0.0537. The first-order valence-electron chi connectivity index (χ1n) is 8.82. The first kappa shape index (κ1) is 16.5. The van der Waals surface area contributed by atoms with E-state index < -0.39 is 0 Å². The van der Waals surface area contributed by atoms with E-state index in [2.05, 4.69) is 10.2 Å². The molecule has 3 aromatic rings. The molecule has 1 aliphatic heterocycles. The van der Waals surface area contributed by atoms with Gasteiger partial charge in [-0.05, 0) is 31.0 Å². The van der Waals surface area contributed by atoms with Gasteiger partial charge in [-0.15, -0.1) is 0 Å². The molecule has 0 saturated carbocycles. The van der Waals surface area contributed by atoms with Crippen molar-refractivity contribution in [3.8, 4) is 11.3 Å². The molecule has 1 atom stereocenters. The Labute approximate surface area is 151 Å². The molecular weight excluding hydrogens is 329 g/mol. The molecule has 1 unspecified atom stereocenters. The van der Waals surface area contributed by atoms with E-state index in [1.165, 1.54) is 17.7 Å². The molecule has 0 spiro atoms. The highest BCUT2D eigenvalue weighted by Crippen LogP contribution is 2.42. The molecule has 1 N–H and O–H groups in total. The van der Waals surface area contributed by atoms with Crippen molar-refractivity contribution < 1.29 is 9.18 Å². The van der Waals surface area contributed by atoms with Crippen molar-refractivity contribution in [2.75, 3.05) is 6.54 Å². The van der Waals surface area contributed by atoms with Crippen molar-refractivity contribution in [1.82, 2.24) is 15.1 Å². The molecule has 0 radical (unpaired) electrons. The number of nitrogens with zero attached hydrogens (tertiary/aromatic N) is 2. The summed E-state index contributed by atoms with van der Waals surface area (Å²) in [4.78, 5) is 14.8.